The highest BCUT2D eigenvalue weighted by atomic mass is 16.5. The Balaban J connectivity index is 1.60. The molecule has 0 bridgehead atoms. The van der Waals surface area contributed by atoms with Gasteiger partial charge in [-0.1, -0.05) is 6.92 Å². The molecule has 1 aliphatic rings. The van der Waals surface area contributed by atoms with Crippen LogP contribution < -0.4 is 15.4 Å². The minimum atomic E-state index is -0.183. The minimum Gasteiger partial charge on any atom is -0.473 e. The fourth-order valence-corrected chi connectivity index (χ4v) is 4.22. The smallest absolute Gasteiger partial charge is 0.238 e. The Kier molecular flexibility index (Phi) is 8.31. The number of hydrogen-bond donors (Lipinski definition) is 3. The fraction of sp³-hybridized carbons (Fsp3) is 0.407. The molecule has 1 saturated heterocycles. The molecule has 1 aromatic carbocycles. The number of aliphatic hydroxyl groups excluding tert-OH is 1. The summed E-state index contributed by atoms with van der Waals surface area (Å²) >= 11 is 0. The van der Waals surface area contributed by atoms with Crippen molar-refractivity contribution in [1.29, 1.82) is 5.26 Å². The van der Waals surface area contributed by atoms with Crippen LogP contribution >= 0.6 is 0 Å². The third-order valence-corrected chi connectivity index (χ3v) is 6.19. The van der Waals surface area contributed by atoms with Gasteiger partial charge in [-0.2, -0.15) is 5.26 Å². The summed E-state index contributed by atoms with van der Waals surface area (Å²) in [6.45, 7) is 6.56. The first-order valence-electron chi connectivity index (χ1n) is 12.3. The van der Waals surface area contributed by atoms with Crippen molar-refractivity contribution in [3.8, 4) is 23.2 Å². The lowest BCUT2D eigenvalue weighted by atomic mass is 10.0. The summed E-state index contributed by atoms with van der Waals surface area (Å²) in [5, 5.41) is 26.2. The monoisotopic (exact) mass is 487 g/mol. The van der Waals surface area contributed by atoms with E-state index in [-0.39, 0.29) is 12.7 Å². The van der Waals surface area contributed by atoms with Crippen LogP contribution in [0.3, 0.4) is 0 Å². The van der Waals surface area contributed by atoms with Gasteiger partial charge in [-0.15, -0.1) is 0 Å². The SMILES string of the molecule is CCCNc1c(C#N)cc(-c2ccnc(Nc3cc(C)cnc3OC3CCN(C)CC3)n2)cc1CO. The number of likely N-dealkylation sites (tertiary alicyclic amines) is 1. The van der Waals surface area contributed by atoms with E-state index in [1.54, 1.807) is 24.5 Å². The van der Waals surface area contributed by atoms with Gasteiger partial charge in [-0.05, 0) is 63.1 Å². The summed E-state index contributed by atoms with van der Waals surface area (Å²) in [5.74, 6) is 0.926. The number of hydrogen-bond acceptors (Lipinski definition) is 9. The van der Waals surface area contributed by atoms with Gasteiger partial charge in [0.15, 0.2) is 0 Å². The van der Waals surface area contributed by atoms with Crippen LogP contribution in [0.2, 0.25) is 0 Å². The van der Waals surface area contributed by atoms with E-state index in [0.717, 1.165) is 50.0 Å². The number of nitrogens with zero attached hydrogens (tertiary/aromatic N) is 5. The van der Waals surface area contributed by atoms with Gasteiger partial charge in [0.05, 0.1) is 23.6 Å². The molecule has 0 atom stereocenters. The summed E-state index contributed by atoms with van der Waals surface area (Å²) in [7, 11) is 2.12. The number of aromatic nitrogens is 3. The second-order valence-electron chi connectivity index (χ2n) is 9.13. The van der Waals surface area contributed by atoms with Gasteiger partial charge >= 0.3 is 0 Å². The van der Waals surface area contributed by atoms with Gasteiger partial charge in [-0.25, -0.2) is 15.0 Å². The molecule has 2 aromatic heterocycles. The van der Waals surface area contributed by atoms with Crippen molar-refractivity contribution >= 4 is 17.3 Å². The molecule has 0 radical (unpaired) electrons. The van der Waals surface area contributed by atoms with E-state index in [2.05, 4.69) is 50.5 Å². The van der Waals surface area contributed by atoms with E-state index < -0.39 is 0 Å². The maximum atomic E-state index is 9.95. The maximum absolute atomic E-state index is 9.95. The van der Waals surface area contributed by atoms with Gasteiger partial charge in [-0.3, -0.25) is 0 Å². The summed E-state index contributed by atoms with van der Waals surface area (Å²) in [6.07, 6.45) is 6.39. The van der Waals surface area contributed by atoms with Crippen LogP contribution in [0, 0.1) is 18.3 Å². The van der Waals surface area contributed by atoms with E-state index in [1.807, 2.05) is 19.1 Å². The van der Waals surface area contributed by atoms with E-state index in [9.17, 15) is 10.4 Å². The molecule has 0 spiro atoms. The van der Waals surface area contributed by atoms with Gasteiger partial charge < -0.3 is 25.4 Å². The number of anilines is 3. The number of piperidine rings is 1. The summed E-state index contributed by atoms with van der Waals surface area (Å²) in [6, 6.07) is 9.63. The van der Waals surface area contributed by atoms with Crippen molar-refractivity contribution < 1.29 is 9.84 Å². The normalized spacial score (nSPS) is 14.3. The Morgan fingerprint density at radius 2 is 2.03 bits per heavy atom. The van der Waals surface area contributed by atoms with E-state index in [4.69, 9.17) is 4.74 Å². The van der Waals surface area contributed by atoms with E-state index in [1.165, 1.54) is 0 Å². The second kappa shape index (κ2) is 11.8. The average molecular weight is 488 g/mol. The molecule has 3 heterocycles. The molecule has 1 fully saturated rings. The summed E-state index contributed by atoms with van der Waals surface area (Å²) in [5.41, 5.74) is 4.86. The lowest BCUT2D eigenvalue weighted by Gasteiger charge is -2.29. The van der Waals surface area contributed by atoms with Crippen LogP contribution in [-0.4, -0.2) is 57.7 Å². The van der Waals surface area contributed by atoms with Crippen LogP contribution in [0.15, 0.2) is 36.7 Å². The maximum Gasteiger partial charge on any atom is 0.238 e. The number of pyridine rings is 1. The summed E-state index contributed by atoms with van der Waals surface area (Å²) < 4.78 is 6.26. The molecular formula is C27H33N7O2. The zero-order valence-electron chi connectivity index (χ0n) is 21.1. The van der Waals surface area contributed by atoms with Crippen LogP contribution in [-0.2, 0) is 6.61 Å². The molecule has 9 nitrogen and oxygen atoms in total. The molecule has 188 valence electrons. The highest BCUT2D eigenvalue weighted by molar-refractivity contribution is 5.73. The molecule has 36 heavy (non-hydrogen) atoms. The number of nitrogens with one attached hydrogen (secondary N) is 2. The van der Waals surface area contributed by atoms with E-state index >= 15 is 0 Å². The quantitative estimate of drug-likeness (QED) is 0.407. The molecular weight excluding hydrogens is 454 g/mol. The van der Waals surface area contributed by atoms with Gasteiger partial charge in [0.25, 0.3) is 0 Å². The van der Waals surface area contributed by atoms with Crippen molar-refractivity contribution in [3.63, 3.8) is 0 Å². The standard InChI is InChI=1S/C27H33N7O2/c1-4-8-29-25-20(15-28)13-19(14-21(25)17-35)23-5-9-30-27(32-23)33-24-12-18(2)16-31-26(24)36-22-6-10-34(3)11-7-22/h5,9,12-14,16,22,29,35H,4,6-8,10-11,17H2,1-3H3,(H,30,32,33). The topological polar surface area (TPSA) is 119 Å². The Morgan fingerprint density at radius 1 is 1.22 bits per heavy atom. The predicted molar refractivity (Wildman–Crippen MR) is 140 cm³/mol. The molecule has 3 N–H and O–H groups in total. The highest BCUT2D eigenvalue weighted by Gasteiger charge is 2.20. The first-order valence-corrected chi connectivity index (χ1v) is 12.3. The fourth-order valence-electron chi connectivity index (χ4n) is 4.22. The zero-order chi connectivity index (χ0) is 25.5. The van der Waals surface area contributed by atoms with E-state index in [0.29, 0.717) is 40.0 Å². The Morgan fingerprint density at radius 3 is 2.75 bits per heavy atom. The number of aliphatic hydroxyl groups is 1. The number of rotatable bonds is 9. The molecule has 1 aliphatic heterocycles. The molecule has 3 aromatic rings. The lowest BCUT2D eigenvalue weighted by Crippen LogP contribution is -2.35. The van der Waals surface area contributed by atoms with Crippen molar-refractivity contribution in [1.82, 2.24) is 19.9 Å². The highest BCUT2D eigenvalue weighted by Crippen LogP contribution is 2.31. The van der Waals surface area contributed by atoms with Crippen LogP contribution in [0.1, 0.15) is 42.9 Å². The first kappa shape index (κ1) is 25.4. The predicted octanol–water partition coefficient (Wildman–Crippen LogP) is 4.25. The summed E-state index contributed by atoms with van der Waals surface area (Å²) in [4.78, 5) is 15.9. The first-order chi connectivity index (χ1) is 17.5. The Bertz CT molecular complexity index is 1230. The Labute approximate surface area is 212 Å². The lowest BCUT2D eigenvalue weighted by molar-refractivity contribution is 0.110. The largest absolute Gasteiger partial charge is 0.473 e. The van der Waals surface area contributed by atoms with Gasteiger partial charge in [0.2, 0.25) is 11.8 Å². The van der Waals surface area contributed by atoms with Gasteiger partial charge in [0.1, 0.15) is 17.9 Å². The molecule has 0 amide bonds. The van der Waals surface area contributed by atoms with Crippen LogP contribution in [0.5, 0.6) is 5.88 Å². The zero-order valence-corrected chi connectivity index (χ0v) is 21.1. The van der Waals surface area contributed by atoms with Crippen LogP contribution in [0.4, 0.5) is 17.3 Å². The van der Waals surface area contributed by atoms with Gasteiger partial charge in [0, 0.05) is 43.2 Å². The number of nitriles is 1. The minimum absolute atomic E-state index is 0.116. The molecule has 0 unspecified atom stereocenters. The van der Waals surface area contributed by atoms with Crippen LogP contribution in [0.25, 0.3) is 11.3 Å². The number of aryl methyl sites for hydroxylation is 1. The average Bonchev–Trinajstić information content (AvgIpc) is 2.90. The number of ether oxygens (including phenoxy) is 1. The van der Waals surface area contributed by atoms with Crippen molar-refractivity contribution in [2.24, 2.45) is 0 Å². The Hall–Kier alpha value is -3.74. The van der Waals surface area contributed by atoms with Crippen molar-refractivity contribution in [3.05, 3.63) is 53.3 Å². The number of benzene rings is 1. The molecule has 4 rings (SSSR count). The molecule has 9 heteroatoms. The third-order valence-electron chi connectivity index (χ3n) is 6.19. The molecule has 0 saturated carbocycles. The second-order valence-corrected chi connectivity index (χ2v) is 9.13. The van der Waals surface area contributed by atoms with Crippen molar-refractivity contribution in [2.75, 3.05) is 37.3 Å². The third kappa shape index (κ3) is 6.08. The molecule has 0 aliphatic carbocycles. The van der Waals surface area contributed by atoms with Crippen molar-refractivity contribution in [2.45, 2.75) is 45.8 Å².